The third kappa shape index (κ3) is 1.77. The molecule has 1 N–H and O–H groups in total. The number of aromatic nitrogens is 2. The van der Waals surface area contributed by atoms with Crippen LogP contribution >= 0.6 is 0 Å². The highest BCUT2D eigenvalue weighted by Gasteiger charge is 2.24. The van der Waals surface area contributed by atoms with Crippen molar-refractivity contribution in [3.05, 3.63) is 17.7 Å². The molecule has 0 spiro atoms. The Bertz CT molecular complexity index is 369. The van der Waals surface area contributed by atoms with Gasteiger partial charge < -0.3 is 9.88 Å². The molecule has 3 nitrogen and oxygen atoms in total. The molecular weight excluding hydrogens is 198 g/mol. The lowest BCUT2D eigenvalue weighted by atomic mass is 9.87. The van der Waals surface area contributed by atoms with Gasteiger partial charge in [0, 0.05) is 31.2 Å². The van der Waals surface area contributed by atoms with Crippen molar-refractivity contribution < 1.29 is 0 Å². The Hall–Kier alpha value is -0.830. The fraction of sp³-hybridized carbons (Fsp3) is 0.769. The summed E-state index contributed by atoms with van der Waals surface area (Å²) in [5.74, 6) is 0.888. The van der Waals surface area contributed by atoms with Crippen molar-refractivity contribution in [3.8, 4) is 0 Å². The topological polar surface area (TPSA) is 29.9 Å². The smallest absolute Gasteiger partial charge is 0.0954 e. The van der Waals surface area contributed by atoms with Gasteiger partial charge >= 0.3 is 0 Å². The maximum absolute atomic E-state index is 4.56. The molecule has 1 aliphatic carbocycles. The van der Waals surface area contributed by atoms with Crippen LogP contribution in [0, 0.1) is 5.92 Å². The predicted octanol–water partition coefficient (Wildman–Crippen LogP) is 2.28. The second kappa shape index (κ2) is 4.21. The molecule has 2 unspecified atom stereocenters. The highest BCUT2D eigenvalue weighted by Crippen LogP contribution is 2.33. The van der Waals surface area contributed by atoms with E-state index >= 15 is 0 Å². The van der Waals surface area contributed by atoms with Gasteiger partial charge in [-0.05, 0) is 18.8 Å². The Kier molecular flexibility index (Phi) is 2.72. The second-order valence-corrected chi connectivity index (χ2v) is 5.40. The lowest BCUT2D eigenvalue weighted by Gasteiger charge is -2.29. The number of hydrogen-bond acceptors (Lipinski definition) is 2. The molecule has 2 atom stereocenters. The Morgan fingerprint density at radius 1 is 1.44 bits per heavy atom. The number of fused-ring (bicyclic) bond motifs is 1. The van der Waals surface area contributed by atoms with E-state index in [9.17, 15) is 0 Å². The van der Waals surface area contributed by atoms with Gasteiger partial charge in [-0.25, -0.2) is 4.98 Å². The van der Waals surface area contributed by atoms with Crippen LogP contribution in [0.2, 0.25) is 0 Å². The fourth-order valence-electron chi connectivity index (χ4n) is 3.23. The van der Waals surface area contributed by atoms with E-state index in [2.05, 4.69) is 28.1 Å². The highest BCUT2D eigenvalue weighted by atomic mass is 15.1. The molecule has 1 saturated carbocycles. The van der Waals surface area contributed by atoms with Crippen LogP contribution in [0.5, 0.6) is 0 Å². The van der Waals surface area contributed by atoms with E-state index in [1.54, 1.807) is 0 Å². The molecule has 1 aromatic heterocycles. The Labute approximate surface area is 97.3 Å². The van der Waals surface area contributed by atoms with Crippen molar-refractivity contribution >= 4 is 0 Å². The van der Waals surface area contributed by atoms with Crippen LogP contribution in [0.15, 0.2) is 6.33 Å². The van der Waals surface area contributed by atoms with Gasteiger partial charge in [-0.1, -0.05) is 19.8 Å². The summed E-state index contributed by atoms with van der Waals surface area (Å²) in [5.41, 5.74) is 2.78. The summed E-state index contributed by atoms with van der Waals surface area (Å²) in [4.78, 5) is 4.56. The SMILES string of the molecule is CC1CCCC(n2cnc3c2CCNC3)C1. The van der Waals surface area contributed by atoms with Crippen LogP contribution in [-0.2, 0) is 13.0 Å². The standard InChI is InChI=1S/C13H21N3/c1-10-3-2-4-11(7-10)16-9-15-12-8-14-6-5-13(12)16/h9-11,14H,2-8H2,1H3. The average molecular weight is 219 g/mol. The van der Waals surface area contributed by atoms with Crippen molar-refractivity contribution in [1.82, 2.24) is 14.9 Å². The molecule has 0 bridgehead atoms. The van der Waals surface area contributed by atoms with E-state index in [1.165, 1.54) is 37.1 Å². The quantitative estimate of drug-likeness (QED) is 0.785. The molecular formula is C13H21N3. The van der Waals surface area contributed by atoms with Gasteiger partial charge in [-0.2, -0.15) is 0 Å². The largest absolute Gasteiger partial charge is 0.331 e. The third-order valence-electron chi connectivity index (χ3n) is 4.12. The molecule has 0 aromatic carbocycles. The van der Waals surface area contributed by atoms with Gasteiger partial charge in [0.05, 0.1) is 12.0 Å². The normalized spacial score (nSPS) is 30.1. The van der Waals surface area contributed by atoms with Crippen LogP contribution < -0.4 is 5.32 Å². The van der Waals surface area contributed by atoms with E-state index in [0.29, 0.717) is 0 Å². The van der Waals surface area contributed by atoms with E-state index in [1.807, 2.05) is 0 Å². The van der Waals surface area contributed by atoms with Crippen molar-refractivity contribution in [2.24, 2.45) is 5.92 Å². The number of nitrogens with zero attached hydrogens (tertiary/aromatic N) is 2. The van der Waals surface area contributed by atoms with Crippen LogP contribution in [0.3, 0.4) is 0 Å². The fourth-order valence-corrected chi connectivity index (χ4v) is 3.23. The zero-order chi connectivity index (χ0) is 11.0. The Balaban J connectivity index is 1.85. The van der Waals surface area contributed by atoms with Crippen LogP contribution in [0.25, 0.3) is 0 Å². The van der Waals surface area contributed by atoms with Crippen molar-refractivity contribution in [2.75, 3.05) is 6.54 Å². The minimum atomic E-state index is 0.720. The van der Waals surface area contributed by atoms with Gasteiger partial charge in [0.15, 0.2) is 0 Å². The molecule has 0 saturated heterocycles. The molecule has 0 radical (unpaired) electrons. The van der Waals surface area contributed by atoms with Crippen molar-refractivity contribution in [1.29, 1.82) is 0 Å². The molecule has 3 heteroatoms. The zero-order valence-corrected chi connectivity index (χ0v) is 10.1. The molecule has 0 amide bonds. The number of rotatable bonds is 1. The van der Waals surface area contributed by atoms with Gasteiger partial charge in [-0.15, -0.1) is 0 Å². The lowest BCUT2D eigenvalue weighted by Crippen LogP contribution is -2.27. The van der Waals surface area contributed by atoms with Crippen molar-refractivity contribution in [3.63, 3.8) is 0 Å². The maximum atomic E-state index is 4.56. The van der Waals surface area contributed by atoms with E-state index in [0.717, 1.165) is 31.5 Å². The summed E-state index contributed by atoms with van der Waals surface area (Å²) in [6, 6.07) is 0.720. The molecule has 3 rings (SSSR count). The van der Waals surface area contributed by atoms with Gasteiger partial charge in [-0.3, -0.25) is 0 Å². The Morgan fingerprint density at radius 2 is 2.38 bits per heavy atom. The van der Waals surface area contributed by atoms with Gasteiger partial charge in [0.2, 0.25) is 0 Å². The van der Waals surface area contributed by atoms with Crippen LogP contribution in [-0.4, -0.2) is 16.1 Å². The monoisotopic (exact) mass is 219 g/mol. The van der Waals surface area contributed by atoms with E-state index in [-0.39, 0.29) is 0 Å². The molecule has 1 aliphatic heterocycles. The van der Waals surface area contributed by atoms with Gasteiger partial charge in [0.25, 0.3) is 0 Å². The first-order valence-electron chi connectivity index (χ1n) is 6.60. The number of nitrogens with one attached hydrogen (secondary N) is 1. The first kappa shape index (κ1) is 10.3. The second-order valence-electron chi connectivity index (χ2n) is 5.40. The average Bonchev–Trinajstić information content (AvgIpc) is 2.72. The highest BCUT2D eigenvalue weighted by molar-refractivity contribution is 5.17. The van der Waals surface area contributed by atoms with Crippen LogP contribution in [0.1, 0.15) is 50.0 Å². The lowest BCUT2D eigenvalue weighted by molar-refractivity contribution is 0.277. The summed E-state index contributed by atoms with van der Waals surface area (Å²) >= 11 is 0. The van der Waals surface area contributed by atoms with Crippen LogP contribution in [0.4, 0.5) is 0 Å². The first-order chi connectivity index (χ1) is 7.84. The van der Waals surface area contributed by atoms with E-state index in [4.69, 9.17) is 0 Å². The molecule has 16 heavy (non-hydrogen) atoms. The Morgan fingerprint density at radius 3 is 3.25 bits per heavy atom. The van der Waals surface area contributed by atoms with E-state index < -0.39 is 0 Å². The molecule has 1 aromatic rings. The summed E-state index contributed by atoms with van der Waals surface area (Å²) in [5, 5.41) is 3.39. The van der Waals surface area contributed by atoms with Gasteiger partial charge in [0.1, 0.15) is 0 Å². The summed E-state index contributed by atoms with van der Waals surface area (Å²) in [6.45, 7) is 4.46. The molecule has 88 valence electrons. The summed E-state index contributed by atoms with van der Waals surface area (Å²) in [7, 11) is 0. The number of imidazole rings is 1. The first-order valence-corrected chi connectivity index (χ1v) is 6.60. The minimum absolute atomic E-state index is 0.720. The predicted molar refractivity (Wildman–Crippen MR) is 64.3 cm³/mol. The zero-order valence-electron chi connectivity index (χ0n) is 10.1. The third-order valence-corrected chi connectivity index (χ3v) is 4.12. The maximum Gasteiger partial charge on any atom is 0.0954 e. The minimum Gasteiger partial charge on any atom is -0.331 e. The molecule has 2 heterocycles. The molecule has 2 aliphatic rings. The summed E-state index contributed by atoms with van der Waals surface area (Å²) in [6.07, 6.45) is 8.73. The molecule has 1 fully saturated rings. The van der Waals surface area contributed by atoms with Crippen molar-refractivity contribution in [2.45, 2.75) is 51.6 Å². The number of hydrogen-bond donors (Lipinski definition) is 1. The summed E-state index contributed by atoms with van der Waals surface area (Å²) < 4.78 is 2.48.